The van der Waals surface area contributed by atoms with Crippen molar-refractivity contribution in [1.82, 2.24) is 0 Å². The largest absolute Gasteiger partial charge is 0.480 e. The Balaban J connectivity index is 1.90. The summed E-state index contributed by atoms with van der Waals surface area (Å²) in [4.78, 5) is 22.0. The van der Waals surface area contributed by atoms with Crippen LogP contribution in [0.15, 0.2) is 42.5 Å². The van der Waals surface area contributed by atoms with Crippen LogP contribution in [0.3, 0.4) is 0 Å². The number of hydrogen-bond acceptors (Lipinski definition) is 5. The van der Waals surface area contributed by atoms with Gasteiger partial charge in [0.15, 0.2) is 6.61 Å². The molecule has 0 radical (unpaired) electrons. The number of carbonyl (C=O) groups excluding carboxylic acids is 1. The van der Waals surface area contributed by atoms with Gasteiger partial charge in [0.1, 0.15) is 12.4 Å². The number of halogens is 1. The number of hydrogen-bond donors (Lipinski definition) is 0. The minimum absolute atomic E-state index is 0.0946. The number of carbonyl (C=O) groups is 1. The van der Waals surface area contributed by atoms with Gasteiger partial charge < -0.3 is 9.47 Å². The fraction of sp³-hybridized carbons (Fsp3) is 0.188. The molecular formula is C16H14ClNO5. The van der Waals surface area contributed by atoms with Crippen molar-refractivity contribution in [1.29, 1.82) is 0 Å². The van der Waals surface area contributed by atoms with E-state index in [0.29, 0.717) is 16.3 Å². The molecular weight excluding hydrogens is 322 g/mol. The Morgan fingerprint density at radius 1 is 1.26 bits per heavy atom. The Hall–Kier alpha value is -2.60. The minimum Gasteiger partial charge on any atom is -0.480 e. The molecule has 0 aliphatic carbocycles. The first-order valence-corrected chi connectivity index (χ1v) is 7.12. The van der Waals surface area contributed by atoms with Crippen molar-refractivity contribution in [2.75, 3.05) is 6.61 Å². The number of nitro groups is 1. The van der Waals surface area contributed by atoms with Gasteiger partial charge in [-0.05, 0) is 30.7 Å². The zero-order valence-corrected chi connectivity index (χ0v) is 13.1. The molecule has 0 atom stereocenters. The van der Waals surface area contributed by atoms with E-state index in [2.05, 4.69) is 0 Å². The summed E-state index contributed by atoms with van der Waals surface area (Å²) in [6.07, 6.45) is 0. The highest BCUT2D eigenvalue weighted by Gasteiger charge is 2.14. The van der Waals surface area contributed by atoms with E-state index >= 15 is 0 Å². The van der Waals surface area contributed by atoms with Crippen molar-refractivity contribution in [3.8, 4) is 5.75 Å². The van der Waals surface area contributed by atoms with Crippen LogP contribution in [0.1, 0.15) is 11.1 Å². The Bertz CT molecular complexity index is 732. The van der Waals surface area contributed by atoms with Crippen LogP contribution in [0.4, 0.5) is 5.69 Å². The molecule has 23 heavy (non-hydrogen) atoms. The van der Waals surface area contributed by atoms with Gasteiger partial charge in [-0.2, -0.15) is 0 Å². The Labute approximate surface area is 137 Å². The monoisotopic (exact) mass is 335 g/mol. The van der Waals surface area contributed by atoms with E-state index in [9.17, 15) is 14.9 Å². The van der Waals surface area contributed by atoms with E-state index in [1.807, 2.05) is 6.92 Å². The Morgan fingerprint density at radius 3 is 2.70 bits per heavy atom. The zero-order chi connectivity index (χ0) is 16.8. The molecule has 0 aliphatic rings. The van der Waals surface area contributed by atoms with Gasteiger partial charge >= 0.3 is 5.97 Å². The number of esters is 1. The maximum atomic E-state index is 11.7. The van der Waals surface area contributed by atoms with Gasteiger partial charge in [-0.3, -0.25) is 10.1 Å². The van der Waals surface area contributed by atoms with Crippen LogP contribution in [0, 0.1) is 17.0 Å². The fourth-order valence-corrected chi connectivity index (χ4v) is 2.16. The predicted molar refractivity (Wildman–Crippen MR) is 84.6 cm³/mol. The molecule has 0 N–H and O–H groups in total. The summed E-state index contributed by atoms with van der Waals surface area (Å²) in [5.74, 6) is -0.264. The van der Waals surface area contributed by atoms with Gasteiger partial charge in [-0.15, -0.1) is 0 Å². The Kier molecular flexibility index (Phi) is 5.54. The minimum atomic E-state index is -0.639. The van der Waals surface area contributed by atoms with E-state index < -0.39 is 10.9 Å². The summed E-state index contributed by atoms with van der Waals surface area (Å²) in [7, 11) is 0. The summed E-state index contributed by atoms with van der Waals surface area (Å²) < 4.78 is 10.3. The molecule has 7 heteroatoms. The first-order valence-electron chi connectivity index (χ1n) is 6.74. The van der Waals surface area contributed by atoms with E-state index in [0.717, 1.165) is 5.56 Å². The van der Waals surface area contributed by atoms with Crippen molar-refractivity contribution in [2.24, 2.45) is 0 Å². The molecule has 2 aromatic carbocycles. The van der Waals surface area contributed by atoms with Crippen LogP contribution in [-0.2, 0) is 16.1 Å². The number of para-hydroxylation sites is 1. The van der Waals surface area contributed by atoms with Gasteiger partial charge in [0.2, 0.25) is 0 Å². The third kappa shape index (κ3) is 4.69. The number of benzene rings is 2. The summed E-state index contributed by atoms with van der Waals surface area (Å²) in [6.45, 7) is 1.36. The highest BCUT2D eigenvalue weighted by Crippen LogP contribution is 2.25. The molecule has 2 aromatic rings. The van der Waals surface area contributed by atoms with Gasteiger partial charge in [-0.1, -0.05) is 29.8 Å². The van der Waals surface area contributed by atoms with Crippen LogP contribution >= 0.6 is 11.6 Å². The summed E-state index contributed by atoms with van der Waals surface area (Å²) >= 11 is 5.99. The fourth-order valence-electron chi connectivity index (χ4n) is 1.87. The van der Waals surface area contributed by atoms with Crippen molar-refractivity contribution in [3.63, 3.8) is 0 Å². The number of aryl methyl sites for hydroxylation is 1. The first kappa shape index (κ1) is 16.8. The molecule has 0 heterocycles. The lowest BCUT2D eigenvalue weighted by molar-refractivity contribution is -0.385. The van der Waals surface area contributed by atoms with Crippen molar-refractivity contribution < 1.29 is 19.2 Å². The summed E-state index contributed by atoms with van der Waals surface area (Å²) in [6, 6.07) is 11.3. The molecule has 0 saturated carbocycles. The quantitative estimate of drug-likeness (QED) is 0.457. The number of nitrogens with zero attached hydrogens (tertiary/aromatic N) is 1. The van der Waals surface area contributed by atoms with Crippen molar-refractivity contribution >= 4 is 23.3 Å². The average Bonchev–Trinajstić information content (AvgIpc) is 2.52. The highest BCUT2D eigenvalue weighted by atomic mass is 35.5. The van der Waals surface area contributed by atoms with Crippen LogP contribution in [0.2, 0.25) is 5.02 Å². The molecule has 120 valence electrons. The van der Waals surface area contributed by atoms with Gasteiger partial charge in [0.25, 0.3) is 5.69 Å². The molecule has 0 aliphatic heterocycles. The zero-order valence-electron chi connectivity index (χ0n) is 12.3. The number of ether oxygens (including phenoxy) is 2. The molecule has 0 bridgehead atoms. The Morgan fingerprint density at radius 2 is 2.00 bits per heavy atom. The van der Waals surface area contributed by atoms with Gasteiger partial charge in [0.05, 0.1) is 15.5 Å². The predicted octanol–water partition coefficient (Wildman–Crippen LogP) is 3.68. The second-order valence-electron chi connectivity index (χ2n) is 4.77. The number of rotatable bonds is 6. The SMILES string of the molecule is Cc1ccc(OCC(=O)OCc2ccccc2[N+](=O)[O-])c(Cl)c1. The molecule has 0 aromatic heterocycles. The molecule has 6 nitrogen and oxygen atoms in total. The lowest BCUT2D eigenvalue weighted by Crippen LogP contribution is -2.15. The van der Waals surface area contributed by atoms with E-state index in [1.165, 1.54) is 12.1 Å². The molecule has 0 unspecified atom stereocenters. The normalized spacial score (nSPS) is 10.2. The molecule has 0 saturated heterocycles. The average molecular weight is 336 g/mol. The topological polar surface area (TPSA) is 78.7 Å². The summed E-state index contributed by atoms with van der Waals surface area (Å²) in [5.41, 5.74) is 1.20. The molecule has 2 rings (SSSR count). The van der Waals surface area contributed by atoms with Crippen LogP contribution < -0.4 is 4.74 Å². The van der Waals surface area contributed by atoms with E-state index in [-0.39, 0.29) is 18.9 Å². The van der Waals surface area contributed by atoms with Gasteiger partial charge in [-0.25, -0.2) is 4.79 Å². The third-order valence-electron chi connectivity index (χ3n) is 3.01. The standard InChI is InChI=1S/C16H14ClNO5/c1-11-6-7-15(13(17)8-11)22-10-16(19)23-9-12-4-2-3-5-14(12)18(20)21/h2-8H,9-10H2,1H3. The second-order valence-corrected chi connectivity index (χ2v) is 5.18. The van der Waals surface area contributed by atoms with Crippen LogP contribution in [0.5, 0.6) is 5.75 Å². The smallest absolute Gasteiger partial charge is 0.344 e. The highest BCUT2D eigenvalue weighted by molar-refractivity contribution is 6.32. The second kappa shape index (κ2) is 7.60. The van der Waals surface area contributed by atoms with Gasteiger partial charge in [0, 0.05) is 6.07 Å². The van der Waals surface area contributed by atoms with E-state index in [1.54, 1.807) is 30.3 Å². The number of nitro benzene ring substituents is 1. The molecule has 0 fully saturated rings. The van der Waals surface area contributed by atoms with E-state index in [4.69, 9.17) is 21.1 Å². The van der Waals surface area contributed by atoms with Crippen LogP contribution in [0.25, 0.3) is 0 Å². The first-order chi connectivity index (χ1) is 11.0. The lowest BCUT2D eigenvalue weighted by Gasteiger charge is -2.09. The molecule has 0 spiro atoms. The maximum absolute atomic E-state index is 11.7. The third-order valence-corrected chi connectivity index (χ3v) is 3.31. The van der Waals surface area contributed by atoms with Crippen LogP contribution in [-0.4, -0.2) is 17.5 Å². The van der Waals surface area contributed by atoms with Crippen molar-refractivity contribution in [3.05, 3.63) is 68.7 Å². The lowest BCUT2D eigenvalue weighted by atomic mass is 10.2. The molecule has 0 amide bonds. The summed E-state index contributed by atoms with van der Waals surface area (Å²) in [5, 5.41) is 11.3. The van der Waals surface area contributed by atoms with Crippen molar-refractivity contribution in [2.45, 2.75) is 13.5 Å². The maximum Gasteiger partial charge on any atom is 0.344 e.